The van der Waals surface area contributed by atoms with E-state index in [0.717, 1.165) is 25.9 Å². The van der Waals surface area contributed by atoms with Crippen LogP contribution in [0.25, 0.3) is 0 Å². The van der Waals surface area contributed by atoms with Crippen LogP contribution in [0.5, 0.6) is 0 Å². The number of benzene rings is 1. The van der Waals surface area contributed by atoms with E-state index in [9.17, 15) is 4.79 Å². The molecule has 0 radical (unpaired) electrons. The van der Waals surface area contributed by atoms with Gasteiger partial charge in [-0.05, 0) is 30.9 Å². The lowest BCUT2D eigenvalue weighted by atomic mass is 9.88. The summed E-state index contributed by atoms with van der Waals surface area (Å²) in [4.78, 5) is 18.5. The van der Waals surface area contributed by atoms with Crippen molar-refractivity contribution in [2.75, 3.05) is 18.8 Å². The smallest absolute Gasteiger partial charge is 0.239 e. The third kappa shape index (κ3) is 3.70. The average molecular weight is 313 g/mol. The summed E-state index contributed by atoms with van der Waals surface area (Å²) in [6.07, 6.45) is 3.19. The number of carbonyl (C=O) groups excluding carboxylic acids is 1. The first-order chi connectivity index (χ1) is 11.1. The van der Waals surface area contributed by atoms with Gasteiger partial charge in [-0.3, -0.25) is 9.89 Å². The second-order valence-electron chi connectivity index (χ2n) is 6.18. The summed E-state index contributed by atoms with van der Waals surface area (Å²) in [5, 5.41) is 6.53. The summed E-state index contributed by atoms with van der Waals surface area (Å²) >= 11 is 0. The Hall–Kier alpha value is -2.37. The highest BCUT2D eigenvalue weighted by molar-refractivity contribution is 5.76. The number of aromatic nitrogens is 3. The van der Waals surface area contributed by atoms with Crippen LogP contribution in [0.4, 0.5) is 5.95 Å². The van der Waals surface area contributed by atoms with E-state index in [1.54, 1.807) is 0 Å². The van der Waals surface area contributed by atoms with Gasteiger partial charge in [0.1, 0.15) is 5.82 Å². The Morgan fingerprint density at radius 3 is 3.00 bits per heavy atom. The Bertz CT molecular complexity index is 681. The number of rotatable bonds is 4. The lowest BCUT2D eigenvalue weighted by Crippen LogP contribution is -2.39. The van der Waals surface area contributed by atoms with Crippen molar-refractivity contribution in [3.63, 3.8) is 0 Å². The molecule has 1 saturated heterocycles. The Kier molecular flexibility index (Phi) is 4.60. The number of nitrogen functional groups attached to an aromatic ring is 1. The molecular formula is C17H23N5O. The van der Waals surface area contributed by atoms with Crippen molar-refractivity contribution in [3.05, 3.63) is 41.2 Å². The minimum absolute atomic E-state index is 0.179. The van der Waals surface area contributed by atoms with E-state index < -0.39 is 0 Å². The zero-order valence-electron chi connectivity index (χ0n) is 13.5. The average Bonchev–Trinajstić information content (AvgIpc) is 2.98. The van der Waals surface area contributed by atoms with Gasteiger partial charge in [0.05, 0.1) is 0 Å². The number of nitrogens with zero attached hydrogens (tertiary/aromatic N) is 3. The van der Waals surface area contributed by atoms with Crippen molar-refractivity contribution in [2.24, 2.45) is 0 Å². The molecule has 1 aromatic heterocycles. The molecule has 1 atom stereocenters. The molecule has 3 rings (SSSR count). The van der Waals surface area contributed by atoms with Gasteiger partial charge in [0.25, 0.3) is 0 Å². The number of H-pyrrole nitrogens is 1. The van der Waals surface area contributed by atoms with Gasteiger partial charge in [0.2, 0.25) is 11.9 Å². The van der Waals surface area contributed by atoms with Crippen LogP contribution in [0.3, 0.4) is 0 Å². The molecule has 6 heteroatoms. The fourth-order valence-electron chi connectivity index (χ4n) is 3.31. The van der Waals surface area contributed by atoms with E-state index in [0.29, 0.717) is 24.6 Å². The quantitative estimate of drug-likeness (QED) is 0.904. The van der Waals surface area contributed by atoms with Gasteiger partial charge in [-0.25, -0.2) is 0 Å². The predicted octanol–water partition coefficient (Wildman–Crippen LogP) is 2.03. The molecule has 0 aliphatic carbocycles. The third-order valence-electron chi connectivity index (χ3n) is 4.53. The van der Waals surface area contributed by atoms with Crippen molar-refractivity contribution in [1.29, 1.82) is 0 Å². The van der Waals surface area contributed by atoms with Gasteiger partial charge in [-0.1, -0.05) is 24.3 Å². The van der Waals surface area contributed by atoms with Crippen molar-refractivity contribution >= 4 is 11.9 Å². The second kappa shape index (κ2) is 6.81. The summed E-state index contributed by atoms with van der Waals surface area (Å²) < 4.78 is 0. The molecule has 0 spiro atoms. The number of likely N-dealkylation sites (tertiary alicyclic amines) is 1. The highest BCUT2D eigenvalue weighted by atomic mass is 16.2. The molecule has 2 aromatic rings. The normalized spacial score (nSPS) is 18.1. The Morgan fingerprint density at radius 1 is 1.43 bits per heavy atom. The van der Waals surface area contributed by atoms with Crippen molar-refractivity contribution in [1.82, 2.24) is 20.1 Å². The lowest BCUT2D eigenvalue weighted by Gasteiger charge is -2.33. The third-order valence-corrected chi connectivity index (χ3v) is 4.53. The monoisotopic (exact) mass is 313 g/mol. The Balaban J connectivity index is 1.59. The highest BCUT2D eigenvalue weighted by Gasteiger charge is 2.25. The molecule has 0 saturated carbocycles. The predicted molar refractivity (Wildman–Crippen MR) is 88.9 cm³/mol. The first-order valence-electron chi connectivity index (χ1n) is 8.13. The largest absolute Gasteiger partial charge is 0.367 e. The van der Waals surface area contributed by atoms with Gasteiger partial charge < -0.3 is 10.6 Å². The van der Waals surface area contributed by atoms with Gasteiger partial charge in [0, 0.05) is 31.8 Å². The molecule has 3 N–H and O–H groups in total. The fraction of sp³-hybridized carbons (Fsp3) is 0.471. The van der Waals surface area contributed by atoms with E-state index in [4.69, 9.17) is 5.73 Å². The maximum absolute atomic E-state index is 12.5. The molecular weight excluding hydrogens is 290 g/mol. The molecule has 0 bridgehead atoms. The summed E-state index contributed by atoms with van der Waals surface area (Å²) in [7, 11) is 0. The van der Waals surface area contributed by atoms with Crippen molar-refractivity contribution in [2.45, 2.75) is 38.5 Å². The first-order valence-corrected chi connectivity index (χ1v) is 8.13. The standard InChI is InChI=1S/C17H23N5O/c1-12-5-2-3-7-14(12)13-6-4-10-22(11-13)16(23)9-8-15-19-17(18)21-20-15/h2-3,5,7,13H,4,6,8-11H2,1H3,(H3,18,19,20,21). The Labute approximate surface area is 136 Å². The fourth-order valence-corrected chi connectivity index (χ4v) is 3.31. The van der Waals surface area contributed by atoms with Crippen molar-refractivity contribution in [3.8, 4) is 0 Å². The molecule has 2 heterocycles. The van der Waals surface area contributed by atoms with E-state index >= 15 is 0 Å². The molecule has 1 amide bonds. The van der Waals surface area contributed by atoms with E-state index in [1.165, 1.54) is 11.1 Å². The SMILES string of the molecule is Cc1ccccc1C1CCCN(C(=O)CCc2nc(N)n[nH]2)C1. The van der Waals surface area contributed by atoms with E-state index in [1.807, 2.05) is 4.90 Å². The molecule has 6 nitrogen and oxygen atoms in total. The summed E-state index contributed by atoms with van der Waals surface area (Å²) in [5.41, 5.74) is 8.15. The van der Waals surface area contributed by atoms with Gasteiger partial charge >= 0.3 is 0 Å². The number of aromatic amines is 1. The summed E-state index contributed by atoms with van der Waals surface area (Å²) in [6, 6.07) is 8.47. The Morgan fingerprint density at radius 2 is 2.26 bits per heavy atom. The molecule has 23 heavy (non-hydrogen) atoms. The minimum atomic E-state index is 0.179. The number of hydrogen-bond donors (Lipinski definition) is 2. The second-order valence-corrected chi connectivity index (χ2v) is 6.18. The lowest BCUT2D eigenvalue weighted by molar-refractivity contribution is -0.132. The number of hydrogen-bond acceptors (Lipinski definition) is 4. The minimum Gasteiger partial charge on any atom is -0.367 e. The van der Waals surface area contributed by atoms with Crippen LogP contribution < -0.4 is 5.73 Å². The maximum atomic E-state index is 12.5. The number of nitrogens with two attached hydrogens (primary N) is 1. The molecule has 1 fully saturated rings. The van der Waals surface area contributed by atoms with Gasteiger partial charge in [0.15, 0.2) is 0 Å². The molecule has 1 aliphatic rings. The summed E-state index contributed by atoms with van der Waals surface area (Å²) in [6.45, 7) is 3.80. The van der Waals surface area contributed by atoms with Crippen LogP contribution in [0, 0.1) is 6.92 Å². The van der Waals surface area contributed by atoms with Crippen LogP contribution in [-0.4, -0.2) is 39.1 Å². The van der Waals surface area contributed by atoms with Crippen LogP contribution >= 0.6 is 0 Å². The number of nitrogens with one attached hydrogen (secondary N) is 1. The molecule has 122 valence electrons. The van der Waals surface area contributed by atoms with E-state index in [2.05, 4.69) is 46.4 Å². The molecule has 1 unspecified atom stereocenters. The van der Waals surface area contributed by atoms with Crippen LogP contribution in [-0.2, 0) is 11.2 Å². The van der Waals surface area contributed by atoms with Crippen LogP contribution in [0.15, 0.2) is 24.3 Å². The van der Waals surface area contributed by atoms with E-state index in [-0.39, 0.29) is 11.9 Å². The number of anilines is 1. The van der Waals surface area contributed by atoms with Gasteiger partial charge in [-0.2, -0.15) is 4.98 Å². The topological polar surface area (TPSA) is 87.9 Å². The zero-order valence-corrected chi connectivity index (χ0v) is 13.5. The number of amides is 1. The maximum Gasteiger partial charge on any atom is 0.239 e. The van der Waals surface area contributed by atoms with Crippen LogP contribution in [0.1, 0.15) is 42.1 Å². The van der Waals surface area contributed by atoms with Crippen molar-refractivity contribution < 1.29 is 4.79 Å². The van der Waals surface area contributed by atoms with Gasteiger partial charge in [-0.15, -0.1) is 5.10 Å². The molecule has 1 aromatic carbocycles. The summed E-state index contributed by atoms with van der Waals surface area (Å²) in [5.74, 6) is 1.52. The number of carbonyl (C=O) groups is 1. The van der Waals surface area contributed by atoms with Crippen LogP contribution in [0.2, 0.25) is 0 Å². The number of aryl methyl sites for hydroxylation is 2. The number of piperidine rings is 1. The highest BCUT2D eigenvalue weighted by Crippen LogP contribution is 2.29. The molecule has 1 aliphatic heterocycles. The zero-order chi connectivity index (χ0) is 16.2. The first kappa shape index (κ1) is 15.5.